The van der Waals surface area contributed by atoms with Gasteiger partial charge in [0.15, 0.2) is 5.82 Å². The molecule has 4 nitrogen and oxygen atoms in total. The van der Waals surface area contributed by atoms with Gasteiger partial charge in [0.1, 0.15) is 0 Å². The van der Waals surface area contributed by atoms with E-state index in [0.29, 0.717) is 12.0 Å². The first-order valence-corrected chi connectivity index (χ1v) is 6.44. The number of piperidine rings is 1. The Morgan fingerprint density at radius 2 is 2.00 bits per heavy atom. The zero-order chi connectivity index (χ0) is 12.3. The van der Waals surface area contributed by atoms with Crippen LogP contribution in [0.3, 0.4) is 0 Å². The summed E-state index contributed by atoms with van der Waals surface area (Å²) < 4.78 is 0. The molecule has 1 aromatic heterocycles. The predicted octanol–water partition coefficient (Wildman–Crippen LogP) is 1.95. The van der Waals surface area contributed by atoms with Gasteiger partial charge in [-0.25, -0.2) is 0 Å². The summed E-state index contributed by atoms with van der Waals surface area (Å²) in [5.74, 6) is 0.986. The Hall–Kier alpha value is -1.16. The van der Waals surface area contributed by atoms with Crippen molar-refractivity contribution < 1.29 is 0 Å². The molecule has 0 radical (unpaired) electrons. The minimum atomic E-state index is 0.460. The van der Waals surface area contributed by atoms with Crippen molar-refractivity contribution in [3.63, 3.8) is 0 Å². The summed E-state index contributed by atoms with van der Waals surface area (Å²) in [6, 6.07) is 4.00. The molecule has 94 valence electrons. The Morgan fingerprint density at radius 3 is 2.47 bits per heavy atom. The van der Waals surface area contributed by atoms with Crippen LogP contribution in [0.15, 0.2) is 12.1 Å². The molecule has 0 aromatic carbocycles. The van der Waals surface area contributed by atoms with Crippen LogP contribution in [0.1, 0.15) is 38.8 Å². The van der Waals surface area contributed by atoms with Gasteiger partial charge in [-0.05, 0) is 30.4 Å². The van der Waals surface area contributed by atoms with Crippen molar-refractivity contribution in [2.45, 2.75) is 39.7 Å². The molecule has 0 unspecified atom stereocenters. The fraction of sp³-hybridized carbons (Fsp3) is 0.692. The molecule has 2 heterocycles. The van der Waals surface area contributed by atoms with E-state index in [2.05, 4.69) is 28.9 Å². The van der Waals surface area contributed by atoms with Crippen LogP contribution in [0.2, 0.25) is 0 Å². The lowest BCUT2D eigenvalue weighted by Gasteiger charge is -2.39. The smallest absolute Gasteiger partial charge is 0.151 e. The number of nitrogens with zero attached hydrogens (tertiary/aromatic N) is 3. The number of rotatable bonds is 3. The van der Waals surface area contributed by atoms with E-state index in [4.69, 9.17) is 5.73 Å². The number of nitrogens with two attached hydrogens (primary N) is 1. The highest BCUT2D eigenvalue weighted by molar-refractivity contribution is 5.37. The van der Waals surface area contributed by atoms with E-state index in [1.807, 2.05) is 12.1 Å². The molecule has 0 amide bonds. The van der Waals surface area contributed by atoms with Crippen molar-refractivity contribution >= 4 is 5.82 Å². The van der Waals surface area contributed by atoms with E-state index < -0.39 is 0 Å². The molecule has 2 N–H and O–H groups in total. The first-order valence-electron chi connectivity index (χ1n) is 6.44. The Bertz CT molecular complexity index is 352. The number of hydrogen-bond acceptors (Lipinski definition) is 4. The van der Waals surface area contributed by atoms with Crippen LogP contribution in [0.4, 0.5) is 5.82 Å². The zero-order valence-corrected chi connectivity index (χ0v) is 10.8. The first kappa shape index (κ1) is 12.3. The molecule has 1 aliphatic rings. The third kappa shape index (κ3) is 2.75. The zero-order valence-electron chi connectivity index (χ0n) is 10.8. The van der Waals surface area contributed by atoms with E-state index in [9.17, 15) is 0 Å². The van der Waals surface area contributed by atoms with Crippen molar-refractivity contribution in [3.8, 4) is 0 Å². The van der Waals surface area contributed by atoms with Crippen molar-refractivity contribution in [1.29, 1.82) is 0 Å². The van der Waals surface area contributed by atoms with Gasteiger partial charge in [-0.1, -0.05) is 20.3 Å². The van der Waals surface area contributed by atoms with Crippen molar-refractivity contribution in [1.82, 2.24) is 10.2 Å². The largest absolute Gasteiger partial charge is 0.355 e. The van der Waals surface area contributed by atoms with E-state index in [1.165, 1.54) is 19.3 Å². The highest BCUT2D eigenvalue weighted by Gasteiger charge is 2.28. The van der Waals surface area contributed by atoms with E-state index >= 15 is 0 Å². The monoisotopic (exact) mass is 234 g/mol. The second-order valence-electron chi connectivity index (χ2n) is 5.24. The summed E-state index contributed by atoms with van der Waals surface area (Å²) in [7, 11) is 0. The fourth-order valence-corrected chi connectivity index (χ4v) is 2.26. The van der Waals surface area contributed by atoms with E-state index in [1.54, 1.807) is 0 Å². The molecule has 0 aliphatic carbocycles. The van der Waals surface area contributed by atoms with Gasteiger partial charge in [-0.3, -0.25) is 0 Å². The van der Waals surface area contributed by atoms with Crippen molar-refractivity contribution in [2.75, 3.05) is 18.0 Å². The molecule has 17 heavy (non-hydrogen) atoms. The molecule has 4 heteroatoms. The van der Waals surface area contributed by atoms with Gasteiger partial charge in [0.05, 0.1) is 5.69 Å². The van der Waals surface area contributed by atoms with Gasteiger partial charge in [-0.2, -0.15) is 5.10 Å². The maximum absolute atomic E-state index is 5.52. The van der Waals surface area contributed by atoms with Gasteiger partial charge >= 0.3 is 0 Å². The van der Waals surface area contributed by atoms with Crippen LogP contribution in [-0.2, 0) is 6.54 Å². The highest BCUT2D eigenvalue weighted by Crippen LogP contribution is 2.34. The van der Waals surface area contributed by atoms with Crippen molar-refractivity contribution in [3.05, 3.63) is 17.8 Å². The summed E-state index contributed by atoms with van der Waals surface area (Å²) in [5, 5.41) is 8.35. The summed E-state index contributed by atoms with van der Waals surface area (Å²) in [6.45, 7) is 7.29. The predicted molar refractivity (Wildman–Crippen MR) is 69.8 cm³/mol. The van der Waals surface area contributed by atoms with E-state index in [-0.39, 0.29) is 0 Å². The molecular formula is C13H22N4. The lowest BCUT2D eigenvalue weighted by atomic mass is 9.78. The van der Waals surface area contributed by atoms with Gasteiger partial charge in [0.25, 0.3) is 0 Å². The quantitative estimate of drug-likeness (QED) is 0.868. The Labute approximate surface area is 103 Å². The third-order valence-electron chi connectivity index (χ3n) is 4.06. The highest BCUT2D eigenvalue weighted by atomic mass is 15.3. The van der Waals surface area contributed by atoms with E-state index in [0.717, 1.165) is 24.6 Å². The average molecular weight is 234 g/mol. The molecule has 1 fully saturated rings. The van der Waals surface area contributed by atoms with Gasteiger partial charge in [-0.15, -0.1) is 5.10 Å². The first-order chi connectivity index (χ1) is 8.17. The van der Waals surface area contributed by atoms with Gasteiger partial charge < -0.3 is 10.6 Å². The SMILES string of the molecule is CCC1(C)CCN(c2ccc(CN)nn2)CC1. The van der Waals surface area contributed by atoms with Crippen LogP contribution in [0.25, 0.3) is 0 Å². The Morgan fingerprint density at radius 1 is 1.29 bits per heavy atom. The second-order valence-corrected chi connectivity index (χ2v) is 5.24. The van der Waals surface area contributed by atoms with Crippen LogP contribution < -0.4 is 10.6 Å². The normalized spacial score (nSPS) is 19.4. The molecule has 1 aliphatic heterocycles. The standard InChI is InChI=1S/C13H22N4/c1-3-13(2)6-8-17(9-7-13)12-5-4-11(10-14)15-16-12/h4-5H,3,6-10,14H2,1-2H3. The lowest BCUT2D eigenvalue weighted by Crippen LogP contribution is -2.38. The maximum atomic E-state index is 5.52. The molecule has 0 saturated carbocycles. The molecule has 1 saturated heterocycles. The topological polar surface area (TPSA) is 55.0 Å². The minimum Gasteiger partial charge on any atom is -0.355 e. The summed E-state index contributed by atoms with van der Waals surface area (Å²) >= 11 is 0. The molecule has 1 aromatic rings. The summed E-state index contributed by atoms with van der Waals surface area (Å²) in [4.78, 5) is 2.32. The fourth-order valence-electron chi connectivity index (χ4n) is 2.26. The summed E-state index contributed by atoms with van der Waals surface area (Å²) in [5.41, 5.74) is 6.88. The maximum Gasteiger partial charge on any atom is 0.151 e. The third-order valence-corrected chi connectivity index (χ3v) is 4.06. The molecule has 0 spiro atoms. The Balaban J connectivity index is 2.00. The molecule has 2 rings (SSSR count). The van der Waals surface area contributed by atoms with Crippen LogP contribution in [-0.4, -0.2) is 23.3 Å². The number of hydrogen-bond donors (Lipinski definition) is 1. The van der Waals surface area contributed by atoms with Gasteiger partial charge in [0, 0.05) is 19.6 Å². The van der Waals surface area contributed by atoms with Gasteiger partial charge in [0.2, 0.25) is 0 Å². The average Bonchev–Trinajstić information content (AvgIpc) is 2.40. The lowest BCUT2D eigenvalue weighted by molar-refractivity contribution is 0.237. The Kier molecular flexibility index (Phi) is 3.62. The van der Waals surface area contributed by atoms with Crippen LogP contribution in [0, 0.1) is 5.41 Å². The van der Waals surface area contributed by atoms with Crippen LogP contribution in [0.5, 0.6) is 0 Å². The van der Waals surface area contributed by atoms with Crippen LogP contribution >= 0.6 is 0 Å². The number of anilines is 1. The molecule has 0 atom stereocenters. The van der Waals surface area contributed by atoms with Crippen molar-refractivity contribution in [2.24, 2.45) is 11.1 Å². The minimum absolute atomic E-state index is 0.460. The summed E-state index contributed by atoms with van der Waals surface area (Å²) in [6.07, 6.45) is 3.74. The molecule has 0 bridgehead atoms. The second kappa shape index (κ2) is 5.00. The molecular weight excluding hydrogens is 212 g/mol. The number of aromatic nitrogens is 2.